The highest BCUT2D eigenvalue weighted by atomic mass is 16.5. The molecule has 0 aliphatic heterocycles. The summed E-state index contributed by atoms with van der Waals surface area (Å²) in [6.07, 6.45) is 3.76. The molecule has 0 aliphatic carbocycles. The van der Waals surface area contributed by atoms with Gasteiger partial charge < -0.3 is 10.5 Å². The third-order valence-corrected chi connectivity index (χ3v) is 2.00. The van der Waals surface area contributed by atoms with Crippen LogP contribution in [-0.2, 0) is 11.3 Å². The zero-order valence-corrected chi connectivity index (χ0v) is 9.19. The van der Waals surface area contributed by atoms with Gasteiger partial charge in [0.15, 0.2) is 5.69 Å². The van der Waals surface area contributed by atoms with Gasteiger partial charge in [0.25, 0.3) is 0 Å². The Bertz CT molecular complexity index is 333. The highest BCUT2D eigenvalue weighted by molar-refractivity contribution is 5.92. The maximum Gasteiger partial charge on any atom is 0.361 e. The molecule has 0 radical (unpaired) electrons. The summed E-state index contributed by atoms with van der Waals surface area (Å²) < 4.78 is 6.52. The molecule has 0 amide bonds. The molecule has 15 heavy (non-hydrogen) atoms. The van der Waals surface area contributed by atoms with Gasteiger partial charge in [-0.25, -0.2) is 4.79 Å². The fourth-order valence-electron chi connectivity index (χ4n) is 1.23. The number of nitrogen functional groups attached to an aromatic ring is 1. The van der Waals surface area contributed by atoms with E-state index in [4.69, 9.17) is 10.5 Å². The number of aromatic nitrogens is 2. The highest BCUT2D eigenvalue weighted by Gasteiger charge is 2.15. The minimum Gasteiger partial charge on any atom is -0.461 e. The number of carbonyl (C=O) groups excluding carboxylic acids is 1. The van der Waals surface area contributed by atoms with Crippen LogP contribution < -0.4 is 5.73 Å². The van der Waals surface area contributed by atoms with Crippen molar-refractivity contribution in [1.82, 2.24) is 9.78 Å². The van der Waals surface area contributed by atoms with Gasteiger partial charge in [-0.15, -0.1) is 0 Å². The smallest absolute Gasteiger partial charge is 0.361 e. The third-order valence-electron chi connectivity index (χ3n) is 2.00. The first-order valence-corrected chi connectivity index (χ1v) is 5.19. The van der Waals surface area contributed by atoms with Crippen molar-refractivity contribution in [2.75, 3.05) is 12.3 Å². The average Bonchev–Trinajstić information content (AvgIpc) is 2.57. The second-order valence-electron chi connectivity index (χ2n) is 3.27. The van der Waals surface area contributed by atoms with Gasteiger partial charge in [0.05, 0.1) is 12.3 Å². The molecule has 0 spiro atoms. The first-order chi connectivity index (χ1) is 7.19. The van der Waals surface area contributed by atoms with Crippen LogP contribution in [0.5, 0.6) is 0 Å². The number of rotatable bonds is 5. The largest absolute Gasteiger partial charge is 0.461 e. The second-order valence-corrected chi connectivity index (χ2v) is 3.27. The van der Waals surface area contributed by atoms with Crippen LogP contribution in [0.15, 0.2) is 6.20 Å². The number of aryl methyl sites for hydroxylation is 1. The normalized spacial score (nSPS) is 10.3. The Labute approximate surface area is 89.2 Å². The van der Waals surface area contributed by atoms with E-state index in [9.17, 15) is 4.79 Å². The lowest BCUT2D eigenvalue weighted by atomic mass is 10.3. The number of carbonyl (C=O) groups is 1. The van der Waals surface area contributed by atoms with Crippen molar-refractivity contribution in [3.05, 3.63) is 11.9 Å². The molecule has 0 fully saturated rings. The fraction of sp³-hybridized carbons (Fsp3) is 0.600. The summed E-state index contributed by atoms with van der Waals surface area (Å²) in [6, 6.07) is 0. The van der Waals surface area contributed by atoms with Crippen LogP contribution in [-0.4, -0.2) is 22.4 Å². The fourth-order valence-corrected chi connectivity index (χ4v) is 1.23. The number of unbranched alkanes of at least 4 members (excludes halogenated alkanes) is 1. The molecule has 1 aromatic rings. The number of ether oxygens (including phenoxy) is 1. The topological polar surface area (TPSA) is 70.1 Å². The van der Waals surface area contributed by atoms with E-state index in [2.05, 4.69) is 12.0 Å². The Kier molecular flexibility index (Phi) is 4.15. The van der Waals surface area contributed by atoms with Gasteiger partial charge in [-0.1, -0.05) is 13.3 Å². The van der Waals surface area contributed by atoms with Gasteiger partial charge in [0, 0.05) is 12.7 Å². The molecule has 0 saturated carbocycles. The molecule has 0 atom stereocenters. The quantitative estimate of drug-likeness (QED) is 0.748. The number of anilines is 1. The van der Waals surface area contributed by atoms with Crippen LogP contribution in [0, 0.1) is 0 Å². The molecule has 1 aromatic heterocycles. The third kappa shape index (κ3) is 2.97. The highest BCUT2D eigenvalue weighted by Crippen LogP contribution is 2.11. The molecule has 0 bridgehead atoms. The number of nitrogens with zero attached hydrogens (tertiary/aromatic N) is 2. The van der Waals surface area contributed by atoms with E-state index in [-0.39, 0.29) is 5.69 Å². The average molecular weight is 211 g/mol. The zero-order valence-electron chi connectivity index (χ0n) is 9.19. The second kappa shape index (κ2) is 5.38. The lowest BCUT2D eigenvalue weighted by Gasteiger charge is -1.99. The monoisotopic (exact) mass is 211 g/mol. The molecule has 84 valence electrons. The molecule has 1 rings (SSSR count). The van der Waals surface area contributed by atoms with E-state index in [1.54, 1.807) is 17.8 Å². The van der Waals surface area contributed by atoms with Crippen molar-refractivity contribution in [2.24, 2.45) is 0 Å². The number of esters is 1. The Hall–Kier alpha value is -1.52. The van der Waals surface area contributed by atoms with Crippen LogP contribution in [0.4, 0.5) is 5.69 Å². The first-order valence-electron chi connectivity index (χ1n) is 5.19. The van der Waals surface area contributed by atoms with Gasteiger partial charge >= 0.3 is 5.97 Å². The lowest BCUT2D eigenvalue weighted by molar-refractivity contribution is 0.0519. The lowest BCUT2D eigenvalue weighted by Crippen LogP contribution is -2.08. The maximum atomic E-state index is 11.4. The van der Waals surface area contributed by atoms with E-state index >= 15 is 0 Å². The molecule has 2 N–H and O–H groups in total. The van der Waals surface area contributed by atoms with Gasteiger partial charge in [0.2, 0.25) is 0 Å². The molecular weight excluding hydrogens is 194 g/mol. The molecule has 5 heteroatoms. The van der Waals surface area contributed by atoms with Crippen LogP contribution >= 0.6 is 0 Å². The SMILES string of the molecule is CCCCn1cc(N)c(C(=O)OCC)n1. The van der Waals surface area contributed by atoms with E-state index in [0.717, 1.165) is 19.4 Å². The Morgan fingerprint density at radius 3 is 2.93 bits per heavy atom. The van der Waals surface area contributed by atoms with Crippen molar-refractivity contribution in [2.45, 2.75) is 33.2 Å². The van der Waals surface area contributed by atoms with Gasteiger partial charge in [-0.3, -0.25) is 4.68 Å². The van der Waals surface area contributed by atoms with Gasteiger partial charge in [-0.05, 0) is 13.3 Å². The molecule has 0 aliphatic rings. The zero-order chi connectivity index (χ0) is 11.3. The minimum absolute atomic E-state index is 0.216. The summed E-state index contributed by atoms with van der Waals surface area (Å²) in [5.74, 6) is -0.453. The van der Waals surface area contributed by atoms with E-state index in [1.807, 2.05) is 0 Å². The molecule has 1 heterocycles. The van der Waals surface area contributed by atoms with Gasteiger partial charge in [-0.2, -0.15) is 5.10 Å². The number of hydrogen-bond acceptors (Lipinski definition) is 4. The summed E-state index contributed by atoms with van der Waals surface area (Å²) in [6.45, 7) is 4.96. The maximum absolute atomic E-state index is 11.4. The van der Waals surface area contributed by atoms with Crippen LogP contribution in [0.25, 0.3) is 0 Å². The number of nitrogens with two attached hydrogens (primary N) is 1. The van der Waals surface area contributed by atoms with Crippen LogP contribution in [0.2, 0.25) is 0 Å². The summed E-state index contributed by atoms with van der Waals surface area (Å²) in [5.41, 5.74) is 6.26. The van der Waals surface area contributed by atoms with E-state index in [1.165, 1.54) is 0 Å². The Morgan fingerprint density at radius 1 is 1.60 bits per heavy atom. The van der Waals surface area contributed by atoms with Crippen LogP contribution in [0.3, 0.4) is 0 Å². The standard InChI is InChI=1S/C10H17N3O2/c1-3-5-6-13-7-8(11)9(12-13)10(14)15-4-2/h7H,3-6,11H2,1-2H3. The predicted molar refractivity (Wildman–Crippen MR) is 57.5 cm³/mol. The first kappa shape index (κ1) is 11.6. The summed E-state index contributed by atoms with van der Waals surface area (Å²) in [4.78, 5) is 11.4. The van der Waals surface area contributed by atoms with Crippen LogP contribution in [0.1, 0.15) is 37.2 Å². The molecule has 0 unspecified atom stereocenters. The van der Waals surface area contributed by atoms with Crippen molar-refractivity contribution in [1.29, 1.82) is 0 Å². The molecule has 0 saturated heterocycles. The minimum atomic E-state index is -0.453. The van der Waals surface area contributed by atoms with Crippen molar-refractivity contribution >= 4 is 11.7 Å². The summed E-state index contributed by atoms with van der Waals surface area (Å²) >= 11 is 0. The van der Waals surface area contributed by atoms with E-state index in [0.29, 0.717) is 12.3 Å². The van der Waals surface area contributed by atoms with Crippen molar-refractivity contribution in [3.63, 3.8) is 0 Å². The van der Waals surface area contributed by atoms with E-state index < -0.39 is 5.97 Å². The van der Waals surface area contributed by atoms with Crippen molar-refractivity contribution in [3.8, 4) is 0 Å². The Morgan fingerprint density at radius 2 is 2.33 bits per heavy atom. The molecular formula is C10H17N3O2. The molecule has 5 nitrogen and oxygen atoms in total. The number of hydrogen-bond donors (Lipinski definition) is 1. The van der Waals surface area contributed by atoms with Crippen molar-refractivity contribution < 1.29 is 9.53 Å². The predicted octanol–water partition coefficient (Wildman–Crippen LogP) is 1.44. The summed E-state index contributed by atoms with van der Waals surface area (Å²) in [5, 5.41) is 4.08. The Balaban J connectivity index is 2.72. The summed E-state index contributed by atoms with van der Waals surface area (Å²) in [7, 11) is 0. The molecule has 0 aromatic carbocycles. The van der Waals surface area contributed by atoms with Gasteiger partial charge in [0.1, 0.15) is 0 Å².